The van der Waals surface area contributed by atoms with E-state index in [1.165, 1.54) is 0 Å². The summed E-state index contributed by atoms with van der Waals surface area (Å²) >= 11 is 0. The van der Waals surface area contributed by atoms with Gasteiger partial charge in [-0.3, -0.25) is 0 Å². The molecule has 0 aromatic rings. The Morgan fingerprint density at radius 3 is 1.73 bits per heavy atom. The standard InChI is InChI=1S/C19H22F14O8/c1-3-15(24,25)38-10-4-14(22,23)12(10)39-16(26,27)6-13(20,21)7-37-9-18(30,31)41-19(32,33)40-17(28,29)8-36-5-11(34)35-2/h10,12H,3-9H2,1-2H3. The second kappa shape index (κ2) is 13.3. The Labute approximate surface area is 221 Å². The lowest BCUT2D eigenvalue weighted by Crippen LogP contribution is -2.62. The number of halogens is 14. The highest BCUT2D eigenvalue weighted by atomic mass is 19.3. The van der Waals surface area contributed by atoms with Crippen LogP contribution in [-0.4, -0.2) is 94.3 Å². The molecule has 0 aliphatic heterocycles. The van der Waals surface area contributed by atoms with Gasteiger partial charge in [-0.05, 0) is 0 Å². The zero-order chi connectivity index (χ0) is 32.1. The molecule has 1 saturated carbocycles. The van der Waals surface area contributed by atoms with Gasteiger partial charge >= 0.3 is 36.7 Å². The molecule has 1 aliphatic carbocycles. The summed E-state index contributed by atoms with van der Waals surface area (Å²) in [5.74, 6) is -10.3. The summed E-state index contributed by atoms with van der Waals surface area (Å²) in [5.41, 5.74) is 0. The first-order valence-corrected chi connectivity index (χ1v) is 10.9. The number of alkyl halides is 14. The van der Waals surface area contributed by atoms with Crippen molar-refractivity contribution in [3.8, 4) is 0 Å². The van der Waals surface area contributed by atoms with Crippen molar-refractivity contribution in [3.05, 3.63) is 0 Å². The molecule has 2 atom stereocenters. The van der Waals surface area contributed by atoms with Gasteiger partial charge in [0.2, 0.25) is 0 Å². The van der Waals surface area contributed by atoms with Gasteiger partial charge in [-0.25, -0.2) is 31.8 Å². The third-order valence-corrected chi connectivity index (χ3v) is 4.56. The quantitative estimate of drug-likeness (QED) is 0.105. The van der Waals surface area contributed by atoms with Crippen molar-refractivity contribution >= 4 is 5.97 Å². The van der Waals surface area contributed by atoms with Crippen LogP contribution in [0.25, 0.3) is 0 Å². The van der Waals surface area contributed by atoms with E-state index in [9.17, 15) is 66.3 Å². The zero-order valence-electron chi connectivity index (χ0n) is 20.7. The van der Waals surface area contributed by atoms with E-state index in [1.807, 2.05) is 0 Å². The molecule has 244 valence electrons. The maximum absolute atomic E-state index is 13.9. The number of hydrogen-bond donors (Lipinski definition) is 0. The van der Waals surface area contributed by atoms with Crippen LogP contribution in [-0.2, 0) is 38.0 Å². The number of methoxy groups -OCH3 is 1. The van der Waals surface area contributed by atoms with Gasteiger partial charge in [-0.1, -0.05) is 6.92 Å². The van der Waals surface area contributed by atoms with Crippen LogP contribution in [0.4, 0.5) is 61.5 Å². The van der Waals surface area contributed by atoms with Crippen molar-refractivity contribution in [3.63, 3.8) is 0 Å². The lowest BCUT2D eigenvalue weighted by Gasteiger charge is -2.45. The third kappa shape index (κ3) is 13.4. The molecule has 2 unspecified atom stereocenters. The Bertz CT molecular complexity index is 858. The minimum Gasteiger partial charge on any atom is -0.467 e. The van der Waals surface area contributed by atoms with Crippen LogP contribution in [0.3, 0.4) is 0 Å². The van der Waals surface area contributed by atoms with E-state index in [0.29, 0.717) is 0 Å². The summed E-state index contributed by atoms with van der Waals surface area (Å²) in [5, 5.41) is 0. The lowest BCUT2D eigenvalue weighted by molar-refractivity contribution is -0.518. The summed E-state index contributed by atoms with van der Waals surface area (Å²) < 4.78 is 214. The third-order valence-electron chi connectivity index (χ3n) is 4.56. The molecule has 41 heavy (non-hydrogen) atoms. The molecule has 0 aromatic carbocycles. The SMILES string of the molecule is CCC(F)(F)OC1CC(F)(F)C1OC(F)(F)CC(F)(F)COCC(F)(F)OC(F)(F)OC(F)(F)COCC(=O)OC. The molecule has 0 aromatic heterocycles. The van der Waals surface area contributed by atoms with Gasteiger partial charge in [-0.2, -0.15) is 35.1 Å². The molecule has 0 radical (unpaired) electrons. The van der Waals surface area contributed by atoms with E-state index < -0.39 is 106 Å². The van der Waals surface area contributed by atoms with E-state index in [2.05, 4.69) is 33.2 Å². The number of rotatable bonds is 19. The minimum atomic E-state index is -5.84. The van der Waals surface area contributed by atoms with Crippen molar-refractivity contribution in [2.75, 3.05) is 33.5 Å². The molecule has 1 aliphatic rings. The highest BCUT2D eigenvalue weighted by Crippen LogP contribution is 2.47. The van der Waals surface area contributed by atoms with Crippen molar-refractivity contribution in [2.24, 2.45) is 0 Å². The van der Waals surface area contributed by atoms with Crippen LogP contribution in [0.15, 0.2) is 0 Å². The predicted octanol–water partition coefficient (Wildman–Crippen LogP) is 5.39. The van der Waals surface area contributed by atoms with E-state index in [0.717, 1.165) is 14.0 Å². The Morgan fingerprint density at radius 1 is 0.756 bits per heavy atom. The molecule has 0 spiro atoms. The molecule has 8 nitrogen and oxygen atoms in total. The molecular formula is C19H22F14O8. The number of carbonyl (C=O) groups is 1. The Balaban J connectivity index is 2.64. The summed E-state index contributed by atoms with van der Waals surface area (Å²) in [4.78, 5) is 10.7. The Kier molecular flexibility index (Phi) is 12.1. The van der Waals surface area contributed by atoms with Gasteiger partial charge in [0.25, 0.3) is 11.8 Å². The van der Waals surface area contributed by atoms with E-state index in [-0.39, 0.29) is 0 Å². The highest BCUT2D eigenvalue weighted by Gasteiger charge is 2.64. The number of hydrogen-bond acceptors (Lipinski definition) is 8. The minimum absolute atomic E-state index is 0.808. The van der Waals surface area contributed by atoms with Crippen LogP contribution in [0.5, 0.6) is 0 Å². The highest BCUT2D eigenvalue weighted by molar-refractivity contribution is 5.70. The van der Waals surface area contributed by atoms with E-state index in [1.54, 1.807) is 0 Å². The Morgan fingerprint density at radius 2 is 1.27 bits per heavy atom. The van der Waals surface area contributed by atoms with Crippen LogP contribution in [0.2, 0.25) is 0 Å². The average molecular weight is 644 g/mol. The van der Waals surface area contributed by atoms with Gasteiger partial charge in [0.15, 0.2) is 6.10 Å². The van der Waals surface area contributed by atoms with Crippen LogP contribution >= 0.6 is 0 Å². The van der Waals surface area contributed by atoms with Gasteiger partial charge < -0.3 is 23.7 Å². The molecule has 0 N–H and O–H groups in total. The summed E-state index contributed by atoms with van der Waals surface area (Å²) in [6, 6.07) is 0. The molecule has 0 saturated heterocycles. The monoisotopic (exact) mass is 644 g/mol. The smallest absolute Gasteiger partial charge is 0.467 e. The second-order valence-electron chi connectivity index (χ2n) is 8.32. The maximum atomic E-state index is 13.9. The molecule has 0 heterocycles. The number of ether oxygens (including phenoxy) is 7. The summed E-state index contributed by atoms with van der Waals surface area (Å²) in [6.07, 6.45) is -36.4. The Hall–Kier alpha value is -1.75. The number of esters is 1. The fourth-order valence-electron chi connectivity index (χ4n) is 2.81. The van der Waals surface area contributed by atoms with Crippen molar-refractivity contribution < 1.29 is 99.4 Å². The first kappa shape index (κ1) is 37.3. The van der Waals surface area contributed by atoms with Gasteiger partial charge in [0.05, 0.1) is 7.11 Å². The summed E-state index contributed by atoms with van der Waals surface area (Å²) in [6.45, 7) is -7.43. The first-order chi connectivity index (χ1) is 18.3. The second-order valence-corrected chi connectivity index (χ2v) is 8.32. The zero-order valence-corrected chi connectivity index (χ0v) is 20.7. The van der Waals surface area contributed by atoms with Crippen LogP contribution < -0.4 is 0 Å². The fraction of sp³-hybridized carbons (Fsp3) is 0.947. The summed E-state index contributed by atoms with van der Waals surface area (Å²) in [7, 11) is 0.808. The van der Waals surface area contributed by atoms with Crippen LogP contribution in [0.1, 0.15) is 26.2 Å². The predicted molar refractivity (Wildman–Crippen MR) is 99.7 cm³/mol. The molecular weight excluding hydrogens is 622 g/mol. The fourth-order valence-corrected chi connectivity index (χ4v) is 2.81. The van der Waals surface area contributed by atoms with Gasteiger partial charge in [-0.15, -0.1) is 8.78 Å². The van der Waals surface area contributed by atoms with E-state index >= 15 is 0 Å². The lowest BCUT2D eigenvalue weighted by atomic mass is 9.86. The van der Waals surface area contributed by atoms with Crippen LogP contribution in [0, 0.1) is 0 Å². The van der Waals surface area contributed by atoms with Crippen molar-refractivity contribution in [1.82, 2.24) is 0 Å². The maximum Gasteiger partial charge on any atom is 0.495 e. The molecule has 0 bridgehead atoms. The molecule has 22 heteroatoms. The first-order valence-electron chi connectivity index (χ1n) is 10.9. The van der Waals surface area contributed by atoms with E-state index in [4.69, 9.17) is 0 Å². The average Bonchev–Trinajstić information content (AvgIpc) is 2.74. The molecule has 1 fully saturated rings. The molecule has 1 rings (SSSR count). The van der Waals surface area contributed by atoms with Crippen molar-refractivity contribution in [1.29, 1.82) is 0 Å². The topological polar surface area (TPSA) is 81.7 Å². The largest absolute Gasteiger partial charge is 0.495 e. The van der Waals surface area contributed by atoms with Gasteiger partial charge in [0.1, 0.15) is 39.0 Å². The number of carbonyl (C=O) groups excluding carboxylic acids is 1. The normalized spacial score (nSPS) is 20.6. The van der Waals surface area contributed by atoms with Crippen molar-refractivity contribution in [2.45, 2.75) is 81.0 Å². The van der Waals surface area contributed by atoms with Gasteiger partial charge in [0, 0.05) is 12.8 Å². The molecule has 0 amide bonds.